The lowest BCUT2D eigenvalue weighted by molar-refractivity contribution is -0.100. The fourth-order valence-corrected chi connectivity index (χ4v) is 0.250. The zero-order valence-corrected chi connectivity index (χ0v) is 5.02. The molecule has 0 aliphatic carbocycles. The number of rotatable bonds is 5. The Balaban J connectivity index is 2.53. The zero-order chi connectivity index (χ0) is 6.24. The molecule has 0 aliphatic heterocycles. The molecule has 0 rings (SSSR count). The van der Waals surface area contributed by atoms with Gasteiger partial charge in [-0.15, -0.1) is 0 Å². The predicted octanol–water partition coefficient (Wildman–Crippen LogP) is -0.235. The minimum absolute atomic E-state index is 0.0972. The summed E-state index contributed by atoms with van der Waals surface area (Å²) in [5.41, 5.74) is 2.63. The molecule has 0 aromatic carbocycles. The first kappa shape index (κ1) is 7.84. The van der Waals surface area contributed by atoms with Crippen molar-refractivity contribution in [2.24, 2.45) is 5.90 Å². The lowest BCUT2D eigenvalue weighted by Crippen LogP contribution is -2.18. The number of nitrogens with one attached hydrogen (secondary N) is 1. The van der Waals surface area contributed by atoms with Gasteiger partial charge >= 0.3 is 0 Å². The molecule has 4 nitrogen and oxygen atoms in total. The van der Waals surface area contributed by atoms with E-state index in [4.69, 9.17) is 0 Å². The van der Waals surface area contributed by atoms with Crippen LogP contribution in [0.5, 0.6) is 0 Å². The standard InChI is InChI=1S/C4H12N2O2/c1-2-3-6-8-4-7-5/h6H,2-5H2,1H3. The number of hydroxylamine groups is 1. The van der Waals surface area contributed by atoms with Gasteiger partial charge in [-0.1, -0.05) is 6.92 Å². The molecule has 0 radical (unpaired) electrons. The molecule has 0 fully saturated rings. The van der Waals surface area contributed by atoms with Crippen molar-refractivity contribution < 1.29 is 9.68 Å². The average molecular weight is 120 g/mol. The zero-order valence-electron chi connectivity index (χ0n) is 5.02. The van der Waals surface area contributed by atoms with E-state index >= 15 is 0 Å². The summed E-state index contributed by atoms with van der Waals surface area (Å²) in [6.45, 7) is 2.96. The van der Waals surface area contributed by atoms with E-state index in [9.17, 15) is 0 Å². The Hall–Kier alpha value is -0.160. The van der Waals surface area contributed by atoms with E-state index in [1.54, 1.807) is 0 Å². The Morgan fingerprint density at radius 2 is 2.38 bits per heavy atom. The highest BCUT2D eigenvalue weighted by atomic mass is 16.8. The van der Waals surface area contributed by atoms with Gasteiger partial charge < -0.3 is 0 Å². The van der Waals surface area contributed by atoms with Crippen LogP contribution in [0.2, 0.25) is 0 Å². The molecule has 0 spiro atoms. The van der Waals surface area contributed by atoms with Crippen molar-refractivity contribution in [1.82, 2.24) is 5.48 Å². The van der Waals surface area contributed by atoms with E-state index in [1.165, 1.54) is 0 Å². The van der Waals surface area contributed by atoms with Gasteiger partial charge in [0, 0.05) is 6.54 Å². The Morgan fingerprint density at radius 3 is 2.88 bits per heavy atom. The van der Waals surface area contributed by atoms with Gasteiger partial charge in [0.25, 0.3) is 0 Å². The highest BCUT2D eigenvalue weighted by Crippen LogP contribution is 1.69. The average Bonchev–Trinajstić information content (AvgIpc) is 1.81. The van der Waals surface area contributed by atoms with E-state index in [2.05, 4.69) is 21.1 Å². The molecule has 8 heavy (non-hydrogen) atoms. The van der Waals surface area contributed by atoms with Gasteiger partial charge in [-0.25, -0.2) is 5.90 Å². The van der Waals surface area contributed by atoms with Crippen LogP contribution in [0, 0.1) is 0 Å². The van der Waals surface area contributed by atoms with Crippen molar-refractivity contribution in [2.45, 2.75) is 13.3 Å². The van der Waals surface area contributed by atoms with Crippen molar-refractivity contribution in [1.29, 1.82) is 0 Å². The third-order valence-electron chi connectivity index (χ3n) is 0.581. The first-order valence-electron chi connectivity index (χ1n) is 2.58. The molecule has 0 bridgehead atoms. The van der Waals surface area contributed by atoms with Crippen LogP contribution in [0.25, 0.3) is 0 Å². The molecule has 50 valence electrons. The Labute approximate surface area is 48.9 Å². The first-order valence-corrected chi connectivity index (χ1v) is 2.58. The quantitative estimate of drug-likeness (QED) is 0.299. The topological polar surface area (TPSA) is 56.5 Å². The minimum atomic E-state index is 0.0972. The summed E-state index contributed by atoms with van der Waals surface area (Å²) in [5.74, 6) is 4.65. The highest BCUT2D eigenvalue weighted by Gasteiger charge is 1.79. The predicted molar refractivity (Wildman–Crippen MR) is 29.5 cm³/mol. The fraction of sp³-hybridized carbons (Fsp3) is 1.00. The summed E-state index contributed by atoms with van der Waals surface area (Å²) < 4.78 is 0. The summed E-state index contributed by atoms with van der Waals surface area (Å²) in [7, 11) is 0. The van der Waals surface area contributed by atoms with Crippen LogP contribution < -0.4 is 11.4 Å². The van der Waals surface area contributed by atoms with Crippen LogP contribution in [-0.4, -0.2) is 13.3 Å². The second-order valence-electron chi connectivity index (χ2n) is 1.32. The summed E-state index contributed by atoms with van der Waals surface area (Å²) in [5, 5.41) is 0. The molecular formula is C4H12N2O2. The molecule has 0 amide bonds. The van der Waals surface area contributed by atoms with Gasteiger partial charge in [0.1, 0.15) is 0 Å². The molecule has 0 aliphatic rings. The molecule has 3 N–H and O–H groups in total. The van der Waals surface area contributed by atoms with Gasteiger partial charge in [-0.3, -0.25) is 9.68 Å². The third-order valence-corrected chi connectivity index (χ3v) is 0.581. The summed E-state index contributed by atoms with van der Waals surface area (Å²) in [4.78, 5) is 8.73. The van der Waals surface area contributed by atoms with Crippen molar-refractivity contribution in [3.05, 3.63) is 0 Å². The summed E-state index contributed by atoms with van der Waals surface area (Å²) in [6, 6.07) is 0. The molecule has 0 aromatic heterocycles. The first-order chi connectivity index (χ1) is 3.91. The smallest absolute Gasteiger partial charge is 0.186 e. The van der Waals surface area contributed by atoms with E-state index in [-0.39, 0.29) is 6.79 Å². The van der Waals surface area contributed by atoms with Crippen molar-refractivity contribution in [2.75, 3.05) is 13.3 Å². The summed E-state index contributed by atoms with van der Waals surface area (Å²) in [6.07, 6.45) is 1.03. The molecule has 0 aromatic rings. The van der Waals surface area contributed by atoms with Crippen molar-refractivity contribution in [3.63, 3.8) is 0 Å². The molecule has 0 saturated carbocycles. The van der Waals surface area contributed by atoms with Crippen LogP contribution >= 0.6 is 0 Å². The molecule has 0 saturated heterocycles. The molecule has 0 unspecified atom stereocenters. The lowest BCUT2D eigenvalue weighted by atomic mass is 10.5. The minimum Gasteiger partial charge on any atom is -0.274 e. The maximum absolute atomic E-state index is 4.65. The third kappa shape index (κ3) is 5.84. The second-order valence-corrected chi connectivity index (χ2v) is 1.32. The molecule has 0 heterocycles. The van der Waals surface area contributed by atoms with E-state index in [0.717, 1.165) is 13.0 Å². The molecule has 0 atom stereocenters. The van der Waals surface area contributed by atoms with E-state index < -0.39 is 0 Å². The maximum Gasteiger partial charge on any atom is 0.186 e. The normalized spacial score (nSPS) is 9.75. The van der Waals surface area contributed by atoms with Crippen LogP contribution in [0.3, 0.4) is 0 Å². The Morgan fingerprint density at radius 1 is 1.62 bits per heavy atom. The van der Waals surface area contributed by atoms with Crippen LogP contribution in [-0.2, 0) is 9.68 Å². The molecular weight excluding hydrogens is 108 g/mol. The molecule has 4 heteroatoms. The fourth-order valence-electron chi connectivity index (χ4n) is 0.250. The maximum atomic E-state index is 4.65. The lowest BCUT2D eigenvalue weighted by Gasteiger charge is -1.99. The van der Waals surface area contributed by atoms with Crippen LogP contribution in [0.15, 0.2) is 0 Å². The van der Waals surface area contributed by atoms with Crippen molar-refractivity contribution in [3.8, 4) is 0 Å². The van der Waals surface area contributed by atoms with Gasteiger partial charge in [-0.05, 0) is 6.42 Å². The Bertz CT molecular complexity index is 37.0. The SMILES string of the molecule is CCCNOCON. The van der Waals surface area contributed by atoms with Crippen LogP contribution in [0.1, 0.15) is 13.3 Å². The Kier molecular flexibility index (Phi) is 6.70. The van der Waals surface area contributed by atoms with Gasteiger partial charge in [0.2, 0.25) is 0 Å². The number of hydrogen-bond donors (Lipinski definition) is 2. The highest BCUT2D eigenvalue weighted by molar-refractivity contribution is 4.24. The number of nitrogens with two attached hydrogens (primary N) is 1. The largest absolute Gasteiger partial charge is 0.274 e. The van der Waals surface area contributed by atoms with Gasteiger partial charge in [0.05, 0.1) is 0 Å². The van der Waals surface area contributed by atoms with E-state index in [1.807, 2.05) is 6.92 Å². The number of hydrogen-bond acceptors (Lipinski definition) is 4. The second kappa shape index (κ2) is 6.84. The van der Waals surface area contributed by atoms with Crippen LogP contribution in [0.4, 0.5) is 0 Å². The monoisotopic (exact) mass is 120 g/mol. The van der Waals surface area contributed by atoms with E-state index in [0.29, 0.717) is 0 Å². The summed E-state index contributed by atoms with van der Waals surface area (Å²) >= 11 is 0. The van der Waals surface area contributed by atoms with Gasteiger partial charge in [-0.2, -0.15) is 5.48 Å². The van der Waals surface area contributed by atoms with Crippen molar-refractivity contribution >= 4 is 0 Å². The van der Waals surface area contributed by atoms with Gasteiger partial charge in [0.15, 0.2) is 6.79 Å².